The highest BCUT2D eigenvalue weighted by Gasteiger charge is 2.29. The molecule has 3 N–H and O–H groups in total. The molecule has 0 aromatic heterocycles. The molecular weight excluding hydrogens is 442 g/mol. The molecule has 1 aliphatic rings. The average molecular weight is 472 g/mol. The number of alkyl carbamates (subject to hydrolysis) is 1. The van der Waals surface area contributed by atoms with Crippen molar-refractivity contribution in [1.29, 1.82) is 0 Å². The molecule has 182 valence electrons. The predicted octanol–water partition coefficient (Wildman–Crippen LogP) is 3.12. The standard InChI is InChI=1S/C25H29NO8/c27-23(28)15-17(24(29)30)9-11-32-13-14-33-12-10-26-25(31)34-16-22-20-7-3-1-5-18(20)19-6-2-4-8-21(19)22/h1-8,17,22H,9-16H2,(H,26,31)(H,27,28)(H,29,30). The maximum Gasteiger partial charge on any atom is 0.407 e. The summed E-state index contributed by atoms with van der Waals surface area (Å²) in [6.45, 7) is 1.42. The van der Waals surface area contributed by atoms with Crippen molar-refractivity contribution in [1.82, 2.24) is 5.32 Å². The lowest BCUT2D eigenvalue weighted by Gasteiger charge is -2.14. The third kappa shape index (κ3) is 7.03. The largest absolute Gasteiger partial charge is 0.481 e. The molecule has 0 spiro atoms. The zero-order valence-electron chi connectivity index (χ0n) is 18.8. The van der Waals surface area contributed by atoms with Gasteiger partial charge in [-0.15, -0.1) is 0 Å². The van der Waals surface area contributed by atoms with E-state index in [-0.39, 0.29) is 51.9 Å². The van der Waals surface area contributed by atoms with Crippen molar-refractivity contribution < 1.29 is 38.8 Å². The monoisotopic (exact) mass is 471 g/mol. The van der Waals surface area contributed by atoms with Gasteiger partial charge >= 0.3 is 18.0 Å². The Bertz CT molecular complexity index is 947. The molecule has 0 saturated carbocycles. The number of aliphatic carboxylic acids is 2. The molecule has 9 nitrogen and oxygen atoms in total. The lowest BCUT2D eigenvalue weighted by Crippen LogP contribution is -2.29. The van der Waals surface area contributed by atoms with Crippen molar-refractivity contribution in [2.24, 2.45) is 5.92 Å². The number of carbonyl (C=O) groups is 3. The molecular formula is C25H29NO8. The number of carboxylic acid groups (broad SMARTS) is 2. The minimum atomic E-state index is -1.15. The number of hydrogen-bond donors (Lipinski definition) is 3. The van der Waals surface area contributed by atoms with E-state index in [1.807, 2.05) is 24.3 Å². The van der Waals surface area contributed by atoms with E-state index in [0.717, 1.165) is 11.1 Å². The van der Waals surface area contributed by atoms with E-state index in [9.17, 15) is 14.4 Å². The smallest absolute Gasteiger partial charge is 0.407 e. The first-order valence-corrected chi connectivity index (χ1v) is 11.2. The zero-order chi connectivity index (χ0) is 24.3. The second-order valence-electron chi connectivity index (χ2n) is 7.90. The number of ether oxygens (including phenoxy) is 3. The van der Waals surface area contributed by atoms with Gasteiger partial charge in [-0.3, -0.25) is 9.59 Å². The summed E-state index contributed by atoms with van der Waals surface area (Å²) in [7, 11) is 0. The Morgan fingerprint density at radius 1 is 0.853 bits per heavy atom. The van der Waals surface area contributed by atoms with Crippen molar-refractivity contribution in [3.8, 4) is 11.1 Å². The number of carbonyl (C=O) groups excluding carboxylic acids is 1. The molecule has 9 heteroatoms. The SMILES string of the molecule is O=C(O)CC(CCOCCOCCNC(=O)OCC1c2ccccc2-c2ccccc21)C(=O)O. The van der Waals surface area contributed by atoms with Gasteiger partial charge in [-0.25, -0.2) is 4.79 Å². The molecule has 1 amide bonds. The number of rotatable bonds is 14. The molecule has 0 radical (unpaired) electrons. The third-order valence-corrected chi connectivity index (χ3v) is 5.61. The number of benzene rings is 2. The predicted molar refractivity (Wildman–Crippen MR) is 123 cm³/mol. The third-order valence-electron chi connectivity index (χ3n) is 5.61. The van der Waals surface area contributed by atoms with E-state index < -0.39 is 30.4 Å². The fourth-order valence-electron chi connectivity index (χ4n) is 3.95. The highest BCUT2D eigenvalue weighted by Crippen LogP contribution is 2.44. The Morgan fingerprint density at radius 3 is 2.03 bits per heavy atom. The molecule has 3 rings (SSSR count). The van der Waals surface area contributed by atoms with Crippen LogP contribution in [0, 0.1) is 5.92 Å². The minimum Gasteiger partial charge on any atom is -0.481 e. The number of hydrogen-bond acceptors (Lipinski definition) is 6. The van der Waals surface area contributed by atoms with Crippen molar-refractivity contribution >= 4 is 18.0 Å². The fourth-order valence-corrected chi connectivity index (χ4v) is 3.95. The Kier molecular flexibility index (Phi) is 9.42. The molecule has 0 aliphatic heterocycles. The maximum atomic E-state index is 12.1. The van der Waals surface area contributed by atoms with Crippen LogP contribution in [-0.4, -0.2) is 67.8 Å². The van der Waals surface area contributed by atoms with E-state index in [1.54, 1.807) is 0 Å². The second-order valence-corrected chi connectivity index (χ2v) is 7.90. The Balaban J connectivity index is 1.27. The topological polar surface area (TPSA) is 131 Å². The van der Waals surface area contributed by atoms with Crippen LogP contribution in [-0.2, 0) is 23.8 Å². The van der Waals surface area contributed by atoms with Crippen molar-refractivity contribution in [3.63, 3.8) is 0 Å². The van der Waals surface area contributed by atoms with Crippen molar-refractivity contribution in [2.45, 2.75) is 18.8 Å². The molecule has 0 bridgehead atoms. The van der Waals surface area contributed by atoms with Crippen LogP contribution in [0.25, 0.3) is 11.1 Å². The molecule has 0 fully saturated rings. The molecule has 1 aliphatic carbocycles. The van der Waals surface area contributed by atoms with Crippen LogP contribution in [0.3, 0.4) is 0 Å². The van der Waals surface area contributed by atoms with Gasteiger partial charge in [0.15, 0.2) is 0 Å². The van der Waals surface area contributed by atoms with Crippen LogP contribution >= 0.6 is 0 Å². The molecule has 2 aromatic carbocycles. The Hall–Kier alpha value is -3.43. The van der Waals surface area contributed by atoms with Crippen LogP contribution in [0.5, 0.6) is 0 Å². The van der Waals surface area contributed by atoms with Crippen LogP contribution in [0.2, 0.25) is 0 Å². The lowest BCUT2D eigenvalue weighted by molar-refractivity contribution is -0.149. The van der Waals surface area contributed by atoms with Crippen LogP contribution in [0.1, 0.15) is 29.9 Å². The van der Waals surface area contributed by atoms with E-state index in [4.69, 9.17) is 24.4 Å². The van der Waals surface area contributed by atoms with Gasteiger partial charge < -0.3 is 29.7 Å². The summed E-state index contributed by atoms with van der Waals surface area (Å²) in [5, 5.41) is 20.3. The maximum absolute atomic E-state index is 12.1. The fraction of sp³-hybridized carbons (Fsp3) is 0.400. The molecule has 34 heavy (non-hydrogen) atoms. The summed E-state index contributed by atoms with van der Waals surface area (Å²) in [5.74, 6) is -3.27. The Morgan fingerprint density at radius 2 is 1.44 bits per heavy atom. The van der Waals surface area contributed by atoms with Crippen LogP contribution < -0.4 is 5.32 Å². The van der Waals surface area contributed by atoms with E-state index in [1.165, 1.54) is 11.1 Å². The summed E-state index contributed by atoms with van der Waals surface area (Å²) in [6, 6.07) is 16.3. The molecule has 1 unspecified atom stereocenters. The van der Waals surface area contributed by atoms with Crippen LogP contribution in [0.15, 0.2) is 48.5 Å². The van der Waals surface area contributed by atoms with Gasteiger partial charge in [0, 0.05) is 19.1 Å². The summed E-state index contributed by atoms with van der Waals surface area (Å²) >= 11 is 0. The van der Waals surface area contributed by atoms with E-state index in [2.05, 4.69) is 29.6 Å². The van der Waals surface area contributed by atoms with Gasteiger partial charge in [0.05, 0.1) is 32.2 Å². The van der Waals surface area contributed by atoms with Gasteiger partial charge in [0.1, 0.15) is 6.61 Å². The van der Waals surface area contributed by atoms with Crippen molar-refractivity contribution in [2.75, 3.05) is 39.6 Å². The summed E-state index contributed by atoms with van der Waals surface area (Å²) < 4.78 is 16.1. The first kappa shape index (κ1) is 25.2. The van der Waals surface area contributed by atoms with Gasteiger partial charge in [-0.1, -0.05) is 48.5 Å². The summed E-state index contributed by atoms with van der Waals surface area (Å²) in [6.07, 6.45) is -0.832. The van der Waals surface area contributed by atoms with E-state index in [0.29, 0.717) is 0 Å². The van der Waals surface area contributed by atoms with Gasteiger partial charge in [-0.05, 0) is 28.7 Å². The normalized spacial score (nSPS) is 13.1. The average Bonchev–Trinajstić information content (AvgIpc) is 3.14. The zero-order valence-corrected chi connectivity index (χ0v) is 18.8. The lowest BCUT2D eigenvalue weighted by atomic mass is 9.98. The number of fused-ring (bicyclic) bond motifs is 3. The summed E-state index contributed by atoms with van der Waals surface area (Å²) in [5.41, 5.74) is 4.64. The molecule has 0 saturated heterocycles. The highest BCUT2D eigenvalue weighted by atomic mass is 16.6. The number of carboxylic acids is 2. The van der Waals surface area contributed by atoms with Gasteiger partial charge in [0.2, 0.25) is 0 Å². The number of amides is 1. The number of nitrogens with one attached hydrogen (secondary N) is 1. The quantitative estimate of drug-likeness (QED) is 0.358. The van der Waals surface area contributed by atoms with Gasteiger partial charge in [0.25, 0.3) is 0 Å². The molecule has 2 aromatic rings. The first-order chi connectivity index (χ1) is 16.5. The molecule has 0 heterocycles. The van der Waals surface area contributed by atoms with Gasteiger partial charge in [-0.2, -0.15) is 0 Å². The van der Waals surface area contributed by atoms with Crippen LogP contribution in [0.4, 0.5) is 4.79 Å². The summed E-state index contributed by atoms with van der Waals surface area (Å²) in [4.78, 5) is 33.7. The van der Waals surface area contributed by atoms with E-state index >= 15 is 0 Å². The Labute approximate surface area is 197 Å². The highest BCUT2D eigenvalue weighted by molar-refractivity contribution is 5.79. The first-order valence-electron chi connectivity index (χ1n) is 11.2. The van der Waals surface area contributed by atoms with Crippen molar-refractivity contribution in [3.05, 3.63) is 59.7 Å². The molecule has 1 atom stereocenters. The second kappa shape index (κ2) is 12.7. The minimum absolute atomic E-state index is 0.00257.